The highest BCUT2D eigenvalue weighted by molar-refractivity contribution is 5.87. The fourth-order valence-electron chi connectivity index (χ4n) is 3.60. The van der Waals surface area contributed by atoms with E-state index in [1.807, 2.05) is 41.2 Å². The van der Waals surface area contributed by atoms with Gasteiger partial charge in [-0.25, -0.2) is 9.78 Å². The van der Waals surface area contributed by atoms with Crippen LogP contribution < -0.4 is 0 Å². The van der Waals surface area contributed by atoms with Gasteiger partial charge in [-0.05, 0) is 37.1 Å². The average Bonchev–Trinajstić information content (AvgIpc) is 3.35. The highest BCUT2D eigenvalue weighted by Crippen LogP contribution is 2.36. The maximum atomic E-state index is 11.5. The largest absolute Gasteiger partial charge is 0.477 e. The lowest BCUT2D eigenvalue weighted by molar-refractivity contribution is 0.0689. The third-order valence-electron chi connectivity index (χ3n) is 4.76. The molecule has 0 radical (unpaired) electrons. The smallest absolute Gasteiger partial charge is 0.354 e. The number of aromatic nitrogens is 5. The Balaban J connectivity index is 1.77. The molecule has 128 valence electrons. The summed E-state index contributed by atoms with van der Waals surface area (Å²) in [5.41, 5.74) is 5.50. The molecule has 0 atom stereocenters. The number of pyridine rings is 2. The SMILES string of the molecule is O=C(O)c1cnc2ccc(-c3c(-c4ccccn4)nn4c3CCC4)cn12. The van der Waals surface area contributed by atoms with Gasteiger partial charge in [-0.2, -0.15) is 5.10 Å². The first-order chi connectivity index (χ1) is 12.7. The molecule has 0 aromatic carbocycles. The van der Waals surface area contributed by atoms with Gasteiger partial charge in [-0.1, -0.05) is 6.07 Å². The molecular weight excluding hydrogens is 330 g/mol. The number of carboxylic acids is 1. The zero-order chi connectivity index (χ0) is 17.7. The van der Waals surface area contributed by atoms with Gasteiger partial charge in [0.2, 0.25) is 0 Å². The van der Waals surface area contributed by atoms with Gasteiger partial charge in [0, 0.05) is 35.8 Å². The summed E-state index contributed by atoms with van der Waals surface area (Å²) < 4.78 is 3.65. The number of carbonyl (C=O) groups is 1. The van der Waals surface area contributed by atoms with Crippen LogP contribution in [0.3, 0.4) is 0 Å². The molecule has 0 fully saturated rings. The van der Waals surface area contributed by atoms with Crippen LogP contribution in [-0.2, 0) is 13.0 Å². The van der Waals surface area contributed by atoms with Crippen molar-refractivity contribution in [3.63, 3.8) is 0 Å². The second-order valence-corrected chi connectivity index (χ2v) is 6.31. The molecule has 0 bridgehead atoms. The predicted molar refractivity (Wildman–Crippen MR) is 94.9 cm³/mol. The Hall–Kier alpha value is -3.48. The van der Waals surface area contributed by atoms with Crippen molar-refractivity contribution in [3.05, 3.63) is 60.3 Å². The van der Waals surface area contributed by atoms with Gasteiger partial charge in [0.15, 0.2) is 5.69 Å². The van der Waals surface area contributed by atoms with Crippen LogP contribution in [0, 0.1) is 0 Å². The van der Waals surface area contributed by atoms with Gasteiger partial charge in [0.25, 0.3) is 0 Å². The van der Waals surface area contributed by atoms with E-state index in [0.29, 0.717) is 5.65 Å². The molecule has 0 saturated heterocycles. The summed E-state index contributed by atoms with van der Waals surface area (Å²) in [6.07, 6.45) is 6.97. The van der Waals surface area contributed by atoms with E-state index >= 15 is 0 Å². The molecule has 4 aromatic rings. The van der Waals surface area contributed by atoms with Crippen molar-refractivity contribution in [2.45, 2.75) is 19.4 Å². The predicted octanol–water partition coefficient (Wildman–Crippen LogP) is 2.90. The molecule has 26 heavy (non-hydrogen) atoms. The van der Waals surface area contributed by atoms with Crippen LogP contribution in [0.15, 0.2) is 48.9 Å². The van der Waals surface area contributed by atoms with Crippen molar-refractivity contribution >= 4 is 11.6 Å². The Kier molecular flexibility index (Phi) is 3.15. The number of aromatic carboxylic acids is 1. The van der Waals surface area contributed by atoms with E-state index in [9.17, 15) is 9.90 Å². The number of hydrogen-bond donors (Lipinski definition) is 1. The molecule has 0 amide bonds. The van der Waals surface area contributed by atoms with Gasteiger partial charge in [0.1, 0.15) is 11.3 Å². The summed E-state index contributed by atoms with van der Waals surface area (Å²) in [5, 5.41) is 14.2. The zero-order valence-corrected chi connectivity index (χ0v) is 13.8. The minimum absolute atomic E-state index is 0.144. The lowest BCUT2D eigenvalue weighted by atomic mass is 10.0. The number of fused-ring (bicyclic) bond motifs is 2. The molecule has 1 N–H and O–H groups in total. The first-order valence-corrected chi connectivity index (χ1v) is 8.44. The fourth-order valence-corrected chi connectivity index (χ4v) is 3.60. The van der Waals surface area contributed by atoms with Gasteiger partial charge >= 0.3 is 5.97 Å². The van der Waals surface area contributed by atoms with Crippen LogP contribution in [0.25, 0.3) is 28.2 Å². The molecular formula is C19H15N5O2. The van der Waals surface area contributed by atoms with Crippen LogP contribution in [0.1, 0.15) is 22.6 Å². The highest BCUT2D eigenvalue weighted by Gasteiger charge is 2.25. The van der Waals surface area contributed by atoms with E-state index in [4.69, 9.17) is 5.10 Å². The first-order valence-electron chi connectivity index (χ1n) is 8.44. The van der Waals surface area contributed by atoms with Crippen LogP contribution in [0.4, 0.5) is 0 Å². The van der Waals surface area contributed by atoms with Crippen molar-refractivity contribution in [1.82, 2.24) is 24.1 Å². The molecule has 5 rings (SSSR count). The van der Waals surface area contributed by atoms with Crippen LogP contribution in [-0.4, -0.2) is 35.2 Å². The zero-order valence-electron chi connectivity index (χ0n) is 13.8. The number of aryl methyl sites for hydroxylation is 1. The fraction of sp³-hybridized carbons (Fsp3) is 0.158. The third-order valence-corrected chi connectivity index (χ3v) is 4.76. The quantitative estimate of drug-likeness (QED) is 0.617. The summed E-state index contributed by atoms with van der Waals surface area (Å²) in [4.78, 5) is 20.1. The molecule has 7 heteroatoms. The summed E-state index contributed by atoms with van der Waals surface area (Å²) in [6.45, 7) is 0.892. The topological polar surface area (TPSA) is 85.3 Å². The average molecular weight is 345 g/mol. The number of hydrogen-bond acceptors (Lipinski definition) is 4. The molecule has 1 aliphatic rings. The van der Waals surface area contributed by atoms with Gasteiger partial charge < -0.3 is 5.11 Å². The number of rotatable bonds is 3. The summed E-state index contributed by atoms with van der Waals surface area (Å²) >= 11 is 0. The Labute approximate surface area is 148 Å². The van der Waals surface area contributed by atoms with Crippen molar-refractivity contribution in [1.29, 1.82) is 0 Å². The minimum Gasteiger partial charge on any atom is -0.477 e. The van der Waals surface area contributed by atoms with Gasteiger partial charge in [0.05, 0.1) is 11.9 Å². The number of nitrogens with zero attached hydrogens (tertiary/aromatic N) is 5. The standard InChI is InChI=1S/C19H15N5O2/c25-19(26)15-10-21-16-7-6-12(11-23(15)16)17-14-5-3-9-24(14)22-18(17)13-4-1-2-8-20-13/h1-2,4,6-8,10-11H,3,5,9H2,(H,25,26). The molecule has 0 saturated carbocycles. The van der Waals surface area contributed by atoms with Crippen molar-refractivity contribution in [2.75, 3.05) is 0 Å². The van der Waals surface area contributed by atoms with E-state index < -0.39 is 5.97 Å². The maximum absolute atomic E-state index is 11.5. The van der Waals surface area contributed by atoms with Crippen molar-refractivity contribution < 1.29 is 9.90 Å². The minimum atomic E-state index is -1.00. The van der Waals surface area contributed by atoms with E-state index in [1.54, 1.807) is 10.6 Å². The lowest BCUT2D eigenvalue weighted by Crippen LogP contribution is -2.01. The molecule has 7 nitrogen and oxygen atoms in total. The van der Waals surface area contributed by atoms with Crippen molar-refractivity contribution in [3.8, 4) is 22.5 Å². The Morgan fingerprint density at radius 2 is 2.08 bits per heavy atom. The van der Waals surface area contributed by atoms with E-state index in [0.717, 1.165) is 41.9 Å². The Bertz CT molecular complexity index is 1140. The molecule has 4 aromatic heterocycles. The number of carboxylic acid groups (broad SMARTS) is 1. The molecule has 5 heterocycles. The lowest BCUT2D eigenvalue weighted by Gasteiger charge is -2.07. The second kappa shape index (κ2) is 5.52. The summed E-state index contributed by atoms with van der Waals surface area (Å²) in [5.74, 6) is -1.00. The Morgan fingerprint density at radius 3 is 2.88 bits per heavy atom. The van der Waals surface area contributed by atoms with Crippen LogP contribution >= 0.6 is 0 Å². The Morgan fingerprint density at radius 1 is 1.15 bits per heavy atom. The van der Waals surface area contributed by atoms with E-state index in [1.165, 1.54) is 11.9 Å². The van der Waals surface area contributed by atoms with E-state index in [2.05, 4.69) is 9.97 Å². The molecule has 0 aliphatic carbocycles. The van der Waals surface area contributed by atoms with Crippen LogP contribution in [0.5, 0.6) is 0 Å². The monoisotopic (exact) mass is 345 g/mol. The van der Waals surface area contributed by atoms with Crippen molar-refractivity contribution in [2.24, 2.45) is 0 Å². The second-order valence-electron chi connectivity index (χ2n) is 6.31. The highest BCUT2D eigenvalue weighted by atomic mass is 16.4. The molecule has 0 spiro atoms. The summed E-state index contributed by atoms with van der Waals surface area (Å²) in [7, 11) is 0. The third kappa shape index (κ3) is 2.13. The summed E-state index contributed by atoms with van der Waals surface area (Å²) in [6, 6.07) is 9.57. The maximum Gasteiger partial charge on any atom is 0.354 e. The molecule has 0 unspecified atom stereocenters. The van der Waals surface area contributed by atoms with E-state index in [-0.39, 0.29) is 5.69 Å². The molecule has 1 aliphatic heterocycles. The normalized spacial score (nSPS) is 13.2. The van der Waals surface area contributed by atoms with Crippen LogP contribution in [0.2, 0.25) is 0 Å². The van der Waals surface area contributed by atoms with Gasteiger partial charge in [-0.3, -0.25) is 14.1 Å². The van der Waals surface area contributed by atoms with Gasteiger partial charge in [-0.15, -0.1) is 0 Å². The number of imidazole rings is 1. The first kappa shape index (κ1) is 14.8.